The molecule has 0 aliphatic carbocycles. The van der Waals surface area contributed by atoms with Crippen molar-refractivity contribution in [3.05, 3.63) is 48.0 Å². The average molecular weight is 220 g/mol. The highest BCUT2D eigenvalue weighted by Gasteiger charge is 1.91. The van der Waals surface area contributed by atoms with Gasteiger partial charge in [0, 0.05) is 6.61 Å². The van der Waals surface area contributed by atoms with E-state index in [-0.39, 0.29) is 6.61 Å². The molecule has 0 unspecified atom stereocenters. The van der Waals surface area contributed by atoms with Crippen molar-refractivity contribution in [2.45, 2.75) is 25.9 Å². The van der Waals surface area contributed by atoms with Gasteiger partial charge in [-0.25, -0.2) is 0 Å². The molecule has 1 N–H and O–H groups in total. The Kier molecular flexibility index (Phi) is 7.39. The molecule has 0 aliphatic rings. The third-order valence-corrected chi connectivity index (χ3v) is 2.29. The van der Waals surface area contributed by atoms with Crippen LogP contribution in [0.25, 0.3) is 0 Å². The summed E-state index contributed by atoms with van der Waals surface area (Å²) in [5.41, 5.74) is 1.22. The van der Waals surface area contributed by atoms with Gasteiger partial charge in [-0.3, -0.25) is 0 Å². The quantitative estimate of drug-likeness (QED) is 0.539. The second kappa shape index (κ2) is 9.13. The zero-order valence-corrected chi connectivity index (χ0v) is 9.64. The Morgan fingerprint density at radius 1 is 1.06 bits per heavy atom. The highest BCUT2D eigenvalue weighted by atomic mass is 16.5. The molecule has 0 aromatic heterocycles. The van der Waals surface area contributed by atoms with E-state index < -0.39 is 0 Å². The van der Waals surface area contributed by atoms with Crippen molar-refractivity contribution in [1.82, 2.24) is 0 Å². The van der Waals surface area contributed by atoms with Crippen molar-refractivity contribution in [2.24, 2.45) is 0 Å². The van der Waals surface area contributed by atoms with Crippen molar-refractivity contribution in [3.8, 4) is 0 Å². The average Bonchev–Trinajstić information content (AvgIpc) is 2.34. The van der Waals surface area contributed by atoms with Gasteiger partial charge in [-0.15, -0.1) is 0 Å². The second-order valence-electron chi connectivity index (χ2n) is 3.69. The monoisotopic (exact) mass is 220 g/mol. The van der Waals surface area contributed by atoms with Crippen molar-refractivity contribution in [3.63, 3.8) is 0 Å². The molecule has 0 aliphatic heterocycles. The zero-order valence-electron chi connectivity index (χ0n) is 9.64. The van der Waals surface area contributed by atoms with Gasteiger partial charge >= 0.3 is 0 Å². The summed E-state index contributed by atoms with van der Waals surface area (Å²) in [6, 6.07) is 10.2. The molecule has 1 aromatic carbocycles. The van der Waals surface area contributed by atoms with E-state index in [2.05, 4.69) is 12.1 Å². The molecule has 0 radical (unpaired) electrons. The van der Waals surface area contributed by atoms with Crippen LogP contribution in [0.3, 0.4) is 0 Å². The number of rotatable bonds is 8. The van der Waals surface area contributed by atoms with E-state index in [0.717, 1.165) is 25.9 Å². The molecule has 0 bridgehead atoms. The lowest BCUT2D eigenvalue weighted by Gasteiger charge is -2.03. The predicted molar refractivity (Wildman–Crippen MR) is 66.2 cm³/mol. The van der Waals surface area contributed by atoms with Crippen LogP contribution >= 0.6 is 0 Å². The minimum atomic E-state index is 0.143. The third kappa shape index (κ3) is 6.38. The number of aliphatic hydroxyl groups is 1. The molecule has 2 heteroatoms. The first-order valence-electron chi connectivity index (χ1n) is 5.81. The third-order valence-electron chi connectivity index (χ3n) is 2.29. The van der Waals surface area contributed by atoms with Crippen LogP contribution in [-0.2, 0) is 11.3 Å². The van der Waals surface area contributed by atoms with Gasteiger partial charge in [-0.1, -0.05) is 42.5 Å². The summed E-state index contributed by atoms with van der Waals surface area (Å²) >= 11 is 0. The Labute approximate surface area is 97.6 Å². The van der Waals surface area contributed by atoms with Crippen molar-refractivity contribution < 1.29 is 9.84 Å². The largest absolute Gasteiger partial charge is 0.392 e. The lowest BCUT2D eigenvalue weighted by atomic mass is 10.2. The number of hydrogen-bond acceptors (Lipinski definition) is 2. The Morgan fingerprint density at radius 3 is 2.62 bits per heavy atom. The fraction of sp³-hybridized carbons (Fsp3) is 0.429. The van der Waals surface area contributed by atoms with Crippen molar-refractivity contribution in [2.75, 3.05) is 13.2 Å². The first-order valence-corrected chi connectivity index (χ1v) is 5.81. The first kappa shape index (κ1) is 12.9. The molecule has 0 saturated carbocycles. The molecule has 0 spiro atoms. The van der Waals surface area contributed by atoms with Gasteiger partial charge in [0.1, 0.15) is 0 Å². The maximum atomic E-state index is 8.52. The first-order chi connectivity index (χ1) is 7.93. The van der Waals surface area contributed by atoms with Gasteiger partial charge in [-0.2, -0.15) is 0 Å². The molecule has 0 fully saturated rings. The number of unbranched alkanes of at least 4 members (excludes halogenated alkanes) is 2. The second-order valence-corrected chi connectivity index (χ2v) is 3.69. The van der Waals surface area contributed by atoms with E-state index in [1.54, 1.807) is 6.08 Å². The van der Waals surface area contributed by atoms with Crippen molar-refractivity contribution in [1.29, 1.82) is 0 Å². The standard InChI is InChI=1S/C14H20O2/c15-11-7-2-1-3-8-12-16-13-14-9-5-4-6-10-14/h2,4-7,9-10,15H,1,3,8,11-13H2/b7-2+. The van der Waals surface area contributed by atoms with Crippen LogP contribution in [0, 0.1) is 0 Å². The fourth-order valence-electron chi connectivity index (χ4n) is 1.42. The number of hydrogen-bond donors (Lipinski definition) is 1. The van der Waals surface area contributed by atoms with Crippen LogP contribution in [0.1, 0.15) is 24.8 Å². The number of aliphatic hydroxyl groups excluding tert-OH is 1. The van der Waals surface area contributed by atoms with Gasteiger partial charge in [0.2, 0.25) is 0 Å². The van der Waals surface area contributed by atoms with Crippen LogP contribution in [0.2, 0.25) is 0 Å². The molecule has 0 saturated heterocycles. The lowest BCUT2D eigenvalue weighted by molar-refractivity contribution is 0.117. The van der Waals surface area contributed by atoms with Crippen molar-refractivity contribution >= 4 is 0 Å². The van der Waals surface area contributed by atoms with Crippen LogP contribution in [0.4, 0.5) is 0 Å². The molecule has 0 heterocycles. The smallest absolute Gasteiger partial charge is 0.0716 e. The Bertz CT molecular complexity index is 280. The van der Waals surface area contributed by atoms with Crippen LogP contribution in [-0.4, -0.2) is 18.3 Å². The van der Waals surface area contributed by atoms with Gasteiger partial charge in [0.05, 0.1) is 13.2 Å². The molecular formula is C14H20O2. The van der Waals surface area contributed by atoms with E-state index in [1.807, 2.05) is 24.3 Å². The number of ether oxygens (including phenoxy) is 1. The summed E-state index contributed by atoms with van der Waals surface area (Å²) in [4.78, 5) is 0. The number of allylic oxidation sites excluding steroid dienone is 1. The predicted octanol–water partition coefficient (Wildman–Crippen LogP) is 2.92. The summed E-state index contributed by atoms with van der Waals surface area (Å²) in [5, 5.41) is 8.52. The van der Waals surface area contributed by atoms with E-state index in [1.165, 1.54) is 5.56 Å². The number of benzene rings is 1. The van der Waals surface area contributed by atoms with E-state index in [4.69, 9.17) is 9.84 Å². The summed E-state index contributed by atoms with van der Waals surface area (Å²) in [5.74, 6) is 0. The summed E-state index contributed by atoms with van der Waals surface area (Å²) < 4.78 is 5.55. The molecule has 1 aromatic rings. The minimum Gasteiger partial charge on any atom is -0.392 e. The van der Waals surface area contributed by atoms with Crippen LogP contribution < -0.4 is 0 Å². The SMILES string of the molecule is OC/C=C/CCCCOCc1ccccc1. The molecule has 16 heavy (non-hydrogen) atoms. The highest BCUT2D eigenvalue weighted by molar-refractivity contribution is 5.13. The summed E-state index contributed by atoms with van der Waals surface area (Å²) in [6.07, 6.45) is 7.01. The van der Waals surface area contributed by atoms with E-state index in [9.17, 15) is 0 Å². The Morgan fingerprint density at radius 2 is 1.88 bits per heavy atom. The maximum Gasteiger partial charge on any atom is 0.0716 e. The molecule has 88 valence electrons. The molecular weight excluding hydrogens is 200 g/mol. The van der Waals surface area contributed by atoms with E-state index in [0.29, 0.717) is 6.61 Å². The summed E-state index contributed by atoms with van der Waals surface area (Å²) in [6.45, 7) is 1.65. The van der Waals surface area contributed by atoms with Gasteiger partial charge in [0.25, 0.3) is 0 Å². The minimum absolute atomic E-state index is 0.143. The van der Waals surface area contributed by atoms with Crippen LogP contribution in [0.5, 0.6) is 0 Å². The maximum absolute atomic E-state index is 8.52. The Balaban J connectivity index is 1.94. The summed E-state index contributed by atoms with van der Waals surface area (Å²) in [7, 11) is 0. The molecule has 2 nitrogen and oxygen atoms in total. The molecule has 1 rings (SSSR count). The molecule has 0 atom stereocenters. The normalized spacial score (nSPS) is 11.1. The Hall–Kier alpha value is -1.12. The van der Waals surface area contributed by atoms with Gasteiger partial charge in [0.15, 0.2) is 0 Å². The fourth-order valence-corrected chi connectivity index (χ4v) is 1.42. The van der Waals surface area contributed by atoms with Gasteiger partial charge in [-0.05, 0) is 24.8 Å². The van der Waals surface area contributed by atoms with E-state index >= 15 is 0 Å². The van der Waals surface area contributed by atoms with Crippen LogP contribution in [0.15, 0.2) is 42.5 Å². The lowest BCUT2D eigenvalue weighted by Crippen LogP contribution is -1.95. The zero-order chi connectivity index (χ0) is 11.5. The van der Waals surface area contributed by atoms with Gasteiger partial charge < -0.3 is 9.84 Å². The molecule has 0 amide bonds. The topological polar surface area (TPSA) is 29.5 Å². The highest BCUT2D eigenvalue weighted by Crippen LogP contribution is 2.02.